The van der Waals surface area contributed by atoms with Crippen molar-refractivity contribution in [2.75, 3.05) is 39.8 Å². The number of hydrogen-bond donors (Lipinski definition) is 0. The van der Waals surface area contributed by atoms with Crippen molar-refractivity contribution in [2.24, 2.45) is 11.3 Å². The predicted octanol–water partition coefficient (Wildman–Crippen LogP) is 0.575. The van der Waals surface area contributed by atoms with Gasteiger partial charge >= 0.3 is 0 Å². The summed E-state index contributed by atoms with van der Waals surface area (Å²) in [5.74, 6) is 0.686. The summed E-state index contributed by atoms with van der Waals surface area (Å²) in [6.07, 6.45) is 2.53. The molecular weight excluding hydrogens is 216 g/mol. The molecule has 0 aromatic heterocycles. The van der Waals surface area contributed by atoms with Crippen molar-refractivity contribution in [1.29, 1.82) is 0 Å². The molecule has 3 fully saturated rings. The maximum atomic E-state index is 12.1. The summed E-state index contributed by atoms with van der Waals surface area (Å²) in [7, 11) is 1.72. The molecule has 2 aliphatic heterocycles. The van der Waals surface area contributed by atoms with Crippen molar-refractivity contribution in [2.45, 2.75) is 25.9 Å². The number of ether oxygens (including phenoxy) is 1. The van der Waals surface area contributed by atoms with E-state index in [2.05, 4.69) is 11.8 Å². The van der Waals surface area contributed by atoms with Crippen LogP contribution in [-0.4, -0.2) is 61.6 Å². The third-order valence-corrected chi connectivity index (χ3v) is 4.77. The van der Waals surface area contributed by atoms with E-state index in [9.17, 15) is 4.79 Å². The molecule has 0 radical (unpaired) electrons. The van der Waals surface area contributed by atoms with Gasteiger partial charge in [0.25, 0.3) is 0 Å². The molecule has 2 saturated heterocycles. The van der Waals surface area contributed by atoms with E-state index < -0.39 is 0 Å². The summed E-state index contributed by atoms with van der Waals surface area (Å²) < 4.78 is 5.20. The van der Waals surface area contributed by atoms with Crippen LogP contribution in [0.5, 0.6) is 0 Å². The number of amides is 1. The number of likely N-dealkylation sites (tertiary alicyclic amines) is 2. The van der Waals surface area contributed by atoms with Crippen LogP contribution >= 0.6 is 0 Å². The number of methoxy groups -OCH3 is 1. The van der Waals surface area contributed by atoms with Gasteiger partial charge in [0.2, 0.25) is 5.91 Å². The molecule has 17 heavy (non-hydrogen) atoms. The first-order valence-corrected chi connectivity index (χ1v) is 6.70. The Balaban J connectivity index is 1.43. The third-order valence-electron chi connectivity index (χ3n) is 4.77. The largest absolute Gasteiger partial charge is 0.378 e. The van der Waals surface area contributed by atoms with Crippen molar-refractivity contribution in [3.05, 3.63) is 0 Å². The van der Waals surface area contributed by atoms with Crippen LogP contribution in [0.3, 0.4) is 0 Å². The van der Waals surface area contributed by atoms with E-state index in [1.165, 1.54) is 13.1 Å². The van der Waals surface area contributed by atoms with Gasteiger partial charge in [-0.25, -0.2) is 0 Å². The van der Waals surface area contributed by atoms with E-state index in [0.29, 0.717) is 17.2 Å². The fourth-order valence-electron chi connectivity index (χ4n) is 3.57. The predicted molar refractivity (Wildman–Crippen MR) is 64.6 cm³/mol. The van der Waals surface area contributed by atoms with E-state index in [0.717, 1.165) is 32.5 Å². The molecule has 1 amide bonds. The number of carbonyl (C=O) groups is 1. The summed E-state index contributed by atoms with van der Waals surface area (Å²) in [5, 5.41) is 0. The Labute approximate surface area is 103 Å². The van der Waals surface area contributed by atoms with E-state index in [1.54, 1.807) is 7.11 Å². The molecule has 4 nitrogen and oxygen atoms in total. The Hall–Kier alpha value is -0.610. The van der Waals surface area contributed by atoms with Crippen LogP contribution in [0.25, 0.3) is 0 Å². The minimum absolute atomic E-state index is 0.285. The summed E-state index contributed by atoms with van der Waals surface area (Å²) in [5.41, 5.74) is 0.516. The highest BCUT2D eigenvalue weighted by Gasteiger charge is 2.55. The molecule has 0 aromatic rings. The van der Waals surface area contributed by atoms with Gasteiger partial charge in [0.1, 0.15) is 0 Å². The van der Waals surface area contributed by atoms with Crippen LogP contribution < -0.4 is 0 Å². The van der Waals surface area contributed by atoms with E-state index in [1.807, 2.05) is 4.90 Å². The van der Waals surface area contributed by atoms with Gasteiger partial charge in [-0.3, -0.25) is 4.79 Å². The minimum Gasteiger partial charge on any atom is -0.378 e. The SMILES string of the molecule is CCN1CC2(CC(C(=O)N3CC(OC)C3)C2)C1. The smallest absolute Gasteiger partial charge is 0.225 e. The Morgan fingerprint density at radius 1 is 1.35 bits per heavy atom. The van der Waals surface area contributed by atoms with E-state index in [-0.39, 0.29) is 6.10 Å². The molecular formula is C13H22N2O2. The molecule has 3 aliphatic rings. The van der Waals surface area contributed by atoms with Crippen molar-refractivity contribution >= 4 is 5.91 Å². The first-order valence-electron chi connectivity index (χ1n) is 6.70. The Morgan fingerprint density at radius 2 is 2.00 bits per heavy atom. The zero-order chi connectivity index (χ0) is 12.0. The molecule has 96 valence electrons. The monoisotopic (exact) mass is 238 g/mol. The highest BCUT2D eigenvalue weighted by Crippen LogP contribution is 2.52. The second-order valence-corrected chi connectivity index (χ2v) is 6.01. The average Bonchev–Trinajstić information content (AvgIpc) is 2.12. The van der Waals surface area contributed by atoms with Crippen LogP contribution in [0.1, 0.15) is 19.8 Å². The van der Waals surface area contributed by atoms with Gasteiger partial charge in [0.15, 0.2) is 0 Å². The van der Waals surface area contributed by atoms with Crippen LogP contribution in [0, 0.1) is 11.3 Å². The lowest BCUT2D eigenvalue weighted by Gasteiger charge is -2.59. The first kappa shape index (κ1) is 11.5. The molecule has 0 N–H and O–H groups in total. The second kappa shape index (κ2) is 3.95. The van der Waals surface area contributed by atoms with Crippen LogP contribution in [0.4, 0.5) is 0 Å². The van der Waals surface area contributed by atoms with Gasteiger partial charge in [-0.05, 0) is 24.8 Å². The molecule has 0 unspecified atom stereocenters. The summed E-state index contributed by atoms with van der Waals surface area (Å²) in [4.78, 5) is 16.5. The maximum absolute atomic E-state index is 12.1. The summed E-state index contributed by atoms with van der Waals surface area (Å²) in [6, 6.07) is 0. The zero-order valence-corrected chi connectivity index (χ0v) is 10.8. The average molecular weight is 238 g/mol. The third kappa shape index (κ3) is 1.78. The Bertz CT molecular complexity index is 311. The molecule has 0 aromatic carbocycles. The highest BCUT2D eigenvalue weighted by atomic mass is 16.5. The minimum atomic E-state index is 0.285. The van der Waals surface area contributed by atoms with Gasteiger partial charge < -0.3 is 14.5 Å². The van der Waals surface area contributed by atoms with Crippen molar-refractivity contribution in [3.8, 4) is 0 Å². The molecule has 4 heteroatoms. The lowest BCUT2D eigenvalue weighted by Crippen LogP contribution is -2.65. The molecule has 0 bridgehead atoms. The standard InChI is InChI=1S/C13H22N2O2/c1-3-14-8-13(9-14)4-10(5-13)12(16)15-6-11(7-15)17-2/h10-11H,3-9H2,1-2H3. The quantitative estimate of drug-likeness (QED) is 0.721. The van der Waals surface area contributed by atoms with Crippen molar-refractivity contribution in [3.63, 3.8) is 0 Å². The molecule has 2 heterocycles. The second-order valence-electron chi connectivity index (χ2n) is 6.01. The van der Waals surface area contributed by atoms with Gasteiger partial charge in [0.05, 0.1) is 6.10 Å². The zero-order valence-electron chi connectivity index (χ0n) is 10.8. The van der Waals surface area contributed by atoms with Crippen LogP contribution in [0.2, 0.25) is 0 Å². The summed E-state index contributed by atoms with van der Waals surface area (Å²) >= 11 is 0. The summed E-state index contributed by atoms with van der Waals surface area (Å²) in [6.45, 7) is 7.41. The molecule has 1 aliphatic carbocycles. The fourth-order valence-corrected chi connectivity index (χ4v) is 3.57. The Kier molecular flexibility index (Phi) is 2.67. The lowest BCUT2D eigenvalue weighted by molar-refractivity contribution is -0.164. The van der Waals surface area contributed by atoms with Crippen LogP contribution in [-0.2, 0) is 9.53 Å². The number of rotatable bonds is 3. The van der Waals surface area contributed by atoms with E-state index in [4.69, 9.17) is 4.74 Å². The van der Waals surface area contributed by atoms with Gasteiger partial charge in [-0.2, -0.15) is 0 Å². The van der Waals surface area contributed by atoms with Gasteiger partial charge in [0, 0.05) is 39.2 Å². The molecule has 0 atom stereocenters. The fraction of sp³-hybridized carbons (Fsp3) is 0.923. The normalized spacial score (nSPS) is 28.7. The van der Waals surface area contributed by atoms with Crippen molar-refractivity contribution in [1.82, 2.24) is 9.80 Å². The number of hydrogen-bond acceptors (Lipinski definition) is 3. The maximum Gasteiger partial charge on any atom is 0.225 e. The van der Waals surface area contributed by atoms with Gasteiger partial charge in [-0.15, -0.1) is 0 Å². The molecule has 1 spiro atoms. The van der Waals surface area contributed by atoms with Crippen molar-refractivity contribution < 1.29 is 9.53 Å². The lowest BCUT2D eigenvalue weighted by atomic mass is 9.57. The first-order chi connectivity index (χ1) is 8.15. The van der Waals surface area contributed by atoms with Gasteiger partial charge in [-0.1, -0.05) is 6.92 Å². The highest BCUT2D eigenvalue weighted by molar-refractivity contribution is 5.81. The number of carbonyl (C=O) groups excluding carboxylic acids is 1. The number of nitrogens with zero attached hydrogens (tertiary/aromatic N) is 2. The topological polar surface area (TPSA) is 32.8 Å². The van der Waals surface area contributed by atoms with E-state index >= 15 is 0 Å². The molecule has 1 saturated carbocycles. The molecule has 3 rings (SSSR count). The Morgan fingerprint density at radius 3 is 2.53 bits per heavy atom. The van der Waals surface area contributed by atoms with Crippen LogP contribution in [0.15, 0.2) is 0 Å².